The summed E-state index contributed by atoms with van der Waals surface area (Å²) in [6.45, 7) is 1.93. The molecule has 1 aromatic heterocycles. The molecule has 3 aromatic carbocycles. The number of hydrogen-bond acceptors (Lipinski definition) is 5. The van der Waals surface area contributed by atoms with Gasteiger partial charge in [0.15, 0.2) is 5.43 Å². The summed E-state index contributed by atoms with van der Waals surface area (Å²) in [5.41, 5.74) is 3.12. The summed E-state index contributed by atoms with van der Waals surface area (Å²) in [5.74, 6) is 1.29. The Morgan fingerprint density at radius 3 is 2.39 bits per heavy atom. The minimum atomic E-state index is -0.287. The Morgan fingerprint density at radius 2 is 1.68 bits per heavy atom. The molecule has 0 radical (unpaired) electrons. The van der Waals surface area contributed by atoms with Crippen molar-refractivity contribution in [1.82, 2.24) is 0 Å². The molecule has 0 aliphatic carbocycles. The van der Waals surface area contributed by atoms with Crippen LogP contribution in [-0.2, 0) is 0 Å². The molecule has 0 saturated heterocycles. The van der Waals surface area contributed by atoms with Gasteiger partial charge in [0.05, 0.1) is 25.3 Å². The van der Waals surface area contributed by atoms with Crippen LogP contribution in [0.15, 0.2) is 75.9 Å². The van der Waals surface area contributed by atoms with E-state index >= 15 is 0 Å². The third kappa shape index (κ3) is 4.14. The Hall–Kier alpha value is -4.06. The van der Waals surface area contributed by atoms with Gasteiger partial charge in [0.2, 0.25) is 0 Å². The van der Waals surface area contributed by atoms with Gasteiger partial charge in [-0.15, -0.1) is 0 Å². The van der Waals surface area contributed by atoms with E-state index in [1.165, 1.54) is 13.2 Å². The molecule has 0 aliphatic rings. The maximum absolute atomic E-state index is 12.7. The van der Waals surface area contributed by atoms with E-state index in [1.54, 1.807) is 55.6 Å². The molecular formula is C25H21NO5. The van der Waals surface area contributed by atoms with Crippen molar-refractivity contribution in [2.24, 2.45) is 0 Å². The lowest BCUT2D eigenvalue weighted by Gasteiger charge is -2.12. The number of fused-ring (bicyclic) bond motifs is 1. The normalized spacial score (nSPS) is 10.7. The number of carbonyl (C=O) groups excluding carboxylic acids is 1. The smallest absolute Gasteiger partial charge is 0.255 e. The predicted octanol–water partition coefficient (Wildman–Crippen LogP) is 5.04. The molecule has 1 amide bonds. The van der Waals surface area contributed by atoms with Gasteiger partial charge in [-0.05, 0) is 43.3 Å². The predicted molar refractivity (Wildman–Crippen MR) is 120 cm³/mol. The largest absolute Gasteiger partial charge is 0.497 e. The molecule has 6 nitrogen and oxygen atoms in total. The number of methoxy groups -OCH3 is 2. The zero-order chi connectivity index (χ0) is 22.0. The molecule has 0 aliphatic heterocycles. The van der Waals surface area contributed by atoms with Gasteiger partial charge < -0.3 is 19.2 Å². The van der Waals surface area contributed by atoms with Crippen molar-refractivity contribution in [2.75, 3.05) is 19.5 Å². The van der Waals surface area contributed by atoms with E-state index in [1.807, 2.05) is 19.1 Å². The summed E-state index contributed by atoms with van der Waals surface area (Å²) in [5, 5.41) is 3.38. The highest BCUT2D eigenvalue weighted by Gasteiger charge is 2.12. The summed E-state index contributed by atoms with van der Waals surface area (Å²) in [6, 6.07) is 19.0. The highest BCUT2D eigenvalue weighted by Crippen LogP contribution is 2.29. The summed E-state index contributed by atoms with van der Waals surface area (Å²) < 4.78 is 16.4. The lowest BCUT2D eigenvalue weighted by molar-refractivity contribution is 0.102. The molecular weight excluding hydrogens is 394 g/mol. The van der Waals surface area contributed by atoms with Crippen molar-refractivity contribution >= 4 is 22.6 Å². The van der Waals surface area contributed by atoms with Crippen LogP contribution in [0.4, 0.5) is 5.69 Å². The minimum Gasteiger partial charge on any atom is -0.497 e. The fourth-order valence-electron chi connectivity index (χ4n) is 3.29. The second-order valence-corrected chi connectivity index (χ2v) is 7.07. The number of aryl methyl sites for hydroxylation is 1. The average Bonchev–Trinajstić information content (AvgIpc) is 2.79. The lowest BCUT2D eigenvalue weighted by atomic mass is 10.1. The molecule has 1 heterocycles. The highest BCUT2D eigenvalue weighted by atomic mass is 16.5. The van der Waals surface area contributed by atoms with Gasteiger partial charge >= 0.3 is 0 Å². The van der Waals surface area contributed by atoms with Crippen molar-refractivity contribution in [1.29, 1.82) is 0 Å². The van der Waals surface area contributed by atoms with Gasteiger partial charge in [0.25, 0.3) is 5.91 Å². The van der Waals surface area contributed by atoms with Crippen LogP contribution < -0.4 is 20.2 Å². The number of ether oxygens (including phenoxy) is 2. The van der Waals surface area contributed by atoms with Crippen LogP contribution in [0.25, 0.3) is 22.3 Å². The zero-order valence-corrected chi connectivity index (χ0v) is 17.4. The van der Waals surface area contributed by atoms with Crippen molar-refractivity contribution in [3.05, 3.63) is 88.1 Å². The van der Waals surface area contributed by atoms with E-state index in [4.69, 9.17) is 13.9 Å². The van der Waals surface area contributed by atoms with Crippen molar-refractivity contribution in [3.63, 3.8) is 0 Å². The Bertz CT molecular complexity index is 1320. The topological polar surface area (TPSA) is 77.8 Å². The Morgan fingerprint density at radius 1 is 0.903 bits per heavy atom. The van der Waals surface area contributed by atoms with E-state index in [-0.39, 0.29) is 11.3 Å². The fraction of sp³-hybridized carbons (Fsp3) is 0.120. The second kappa shape index (κ2) is 8.36. The Balaban J connectivity index is 1.58. The first-order valence-corrected chi connectivity index (χ1v) is 9.67. The summed E-state index contributed by atoms with van der Waals surface area (Å²) >= 11 is 0. The highest BCUT2D eigenvalue weighted by molar-refractivity contribution is 6.05. The first-order valence-electron chi connectivity index (χ1n) is 9.67. The number of carbonyl (C=O) groups is 1. The standard InChI is InChI=1S/C25H21NO5/c1-15-4-11-22-19(12-15)21(27)14-23(31-22)16-5-7-17(8-6-16)25(28)26-20-10-9-18(29-2)13-24(20)30-3/h4-14H,1-3H3,(H,26,28). The quantitative estimate of drug-likeness (QED) is 0.494. The molecule has 0 spiro atoms. The maximum Gasteiger partial charge on any atom is 0.255 e. The van der Waals surface area contributed by atoms with E-state index in [0.29, 0.717) is 45.0 Å². The zero-order valence-electron chi connectivity index (χ0n) is 17.4. The molecule has 1 N–H and O–H groups in total. The van der Waals surface area contributed by atoms with Gasteiger partial charge in [0, 0.05) is 23.3 Å². The van der Waals surface area contributed by atoms with Crippen molar-refractivity contribution in [3.8, 4) is 22.8 Å². The van der Waals surface area contributed by atoms with Crippen LogP contribution >= 0.6 is 0 Å². The Kier molecular flexibility index (Phi) is 5.45. The molecule has 4 aromatic rings. The fourth-order valence-corrected chi connectivity index (χ4v) is 3.29. The summed E-state index contributed by atoms with van der Waals surface area (Å²) in [6.07, 6.45) is 0. The van der Waals surface area contributed by atoms with Crippen LogP contribution in [0.3, 0.4) is 0 Å². The minimum absolute atomic E-state index is 0.103. The van der Waals surface area contributed by atoms with Crippen molar-refractivity contribution in [2.45, 2.75) is 6.92 Å². The number of amides is 1. The van der Waals surface area contributed by atoms with E-state index in [2.05, 4.69) is 5.32 Å². The summed E-state index contributed by atoms with van der Waals surface area (Å²) in [7, 11) is 3.09. The molecule has 31 heavy (non-hydrogen) atoms. The van der Waals surface area contributed by atoms with Crippen molar-refractivity contribution < 1.29 is 18.7 Å². The summed E-state index contributed by atoms with van der Waals surface area (Å²) in [4.78, 5) is 25.1. The molecule has 156 valence electrons. The molecule has 0 unspecified atom stereocenters. The first kappa shape index (κ1) is 20.2. The van der Waals surface area contributed by atoms with Crippen LogP contribution in [-0.4, -0.2) is 20.1 Å². The Labute approximate surface area is 179 Å². The van der Waals surface area contributed by atoms with Gasteiger partial charge in [-0.3, -0.25) is 9.59 Å². The van der Waals surface area contributed by atoms with E-state index in [9.17, 15) is 9.59 Å². The SMILES string of the molecule is COc1ccc(NC(=O)c2ccc(-c3cc(=O)c4cc(C)ccc4o3)cc2)c(OC)c1. The van der Waals surface area contributed by atoms with Crippen LogP contribution in [0, 0.1) is 6.92 Å². The third-order valence-electron chi connectivity index (χ3n) is 4.97. The molecule has 0 saturated carbocycles. The van der Waals surface area contributed by atoms with Gasteiger partial charge in [-0.2, -0.15) is 0 Å². The number of nitrogens with one attached hydrogen (secondary N) is 1. The number of hydrogen-bond donors (Lipinski definition) is 1. The van der Waals surface area contributed by atoms with Crippen LogP contribution in [0.5, 0.6) is 11.5 Å². The van der Waals surface area contributed by atoms with Crippen LogP contribution in [0.1, 0.15) is 15.9 Å². The third-order valence-corrected chi connectivity index (χ3v) is 4.97. The molecule has 6 heteroatoms. The number of rotatable bonds is 5. The number of anilines is 1. The van der Waals surface area contributed by atoms with Gasteiger partial charge in [0.1, 0.15) is 22.8 Å². The molecule has 0 atom stereocenters. The van der Waals surface area contributed by atoms with Crippen LogP contribution in [0.2, 0.25) is 0 Å². The van der Waals surface area contributed by atoms with Gasteiger partial charge in [-0.1, -0.05) is 23.8 Å². The van der Waals surface area contributed by atoms with E-state index < -0.39 is 0 Å². The number of benzene rings is 3. The lowest BCUT2D eigenvalue weighted by Crippen LogP contribution is -2.12. The van der Waals surface area contributed by atoms with Gasteiger partial charge in [-0.25, -0.2) is 0 Å². The first-order chi connectivity index (χ1) is 15.0. The maximum atomic E-state index is 12.7. The molecule has 4 rings (SSSR count). The monoisotopic (exact) mass is 415 g/mol. The molecule has 0 fully saturated rings. The van der Waals surface area contributed by atoms with E-state index in [0.717, 1.165) is 5.56 Å². The second-order valence-electron chi connectivity index (χ2n) is 7.07. The average molecular weight is 415 g/mol. The molecule has 0 bridgehead atoms.